The van der Waals surface area contributed by atoms with E-state index in [1.54, 1.807) is 0 Å². The van der Waals surface area contributed by atoms with Gasteiger partial charge in [0.15, 0.2) is 0 Å². The Hall–Kier alpha value is -0.120. The van der Waals surface area contributed by atoms with E-state index in [1.807, 2.05) is 0 Å². The molecule has 0 saturated carbocycles. The molecule has 2 unspecified atom stereocenters. The third-order valence-electron chi connectivity index (χ3n) is 2.41. The second-order valence-corrected chi connectivity index (χ2v) is 3.71. The maximum atomic E-state index is 5.65. The van der Waals surface area contributed by atoms with Gasteiger partial charge in [-0.3, -0.25) is 0 Å². The Kier molecular flexibility index (Phi) is 5.35. The van der Waals surface area contributed by atoms with Crippen molar-refractivity contribution in [3.63, 3.8) is 0 Å². The van der Waals surface area contributed by atoms with Crippen molar-refractivity contribution in [3.8, 4) is 0 Å². The summed E-state index contributed by atoms with van der Waals surface area (Å²) in [6.07, 6.45) is 5.12. The Balaban J connectivity index is 1.97. The lowest BCUT2D eigenvalue weighted by molar-refractivity contribution is -0.0167. The van der Waals surface area contributed by atoms with Crippen LogP contribution in [0, 0.1) is 0 Å². The van der Waals surface area contributed by atoms with Gasteiger partial charge in [0, 0.05) is 6.61 Å². The third-order valence-corrected chi connectivity index (χ3v) is 2.41. The summed E-state index contributed by atoms with van der Waals surface area (Å²) in [7, 11) is 0. The van der Waals surface area contributed by atoms with E-state index in [2.05, 4.69) is 6.92 Å². The van der Waals surface area contributed by atoms with Gasteiger partial charge < -0.3 is 15.2 Å². The Labute approximate surface area is 80.6 Å². The minimum Gasteiger partial charge on any atom is -0.376 e. The van der Waals surface area contributed by atoms with Gasteiger partial charge in [0.1, 0.15) is 0 Å². The molecule has 1 aliphatic rings. The smallest absolute Gasteiger partial charge is 0.0809 e. The highest BCUT2D eigenvalue weighted by Crippen LogP contribution is 2.13. The Bertz CT molecular complexity index is 124. The van der Waals surface area contributed by atoms with Crippen LogP contribution in [-0.4, -0.2) is 32.0 Å². The van der Waals surface area contributed by atoms with Crippen molar-refractivity contribution >= 4 is 0 Å². The number of rotatable bonds is 6. The van der Waals surface area contributed by atoms with E-state index in [9.17, 15) is 0 Å². The van der Waals surface area contributed by atoms with Crippen LogP contribution in [0.2, 0.25) is 0 Å². The van der Waals surface area contributed by atoms with Crippen LogP contribution in [0.4, 0.5) is 0 Å². The summed E-state index contributed by atoms with van der Waals surface area (Å²) in [6.45, 7) is 4.52. The minimum atomic E-state index is 0.327. The Morgan fingerprint density at radius 2 is 2.46 bits per heavy atom. The van der Waals surface area contributed by atoms with E-state index in [1.165, 1.54) is 6.42 Å². The van der Waals surface area contributed by atoms with Crippen molar-refractivity contribution in [1.82, 2.24) is 0 Å². The lowest BCUT2D eigenvalue weighted by Gasteiger charge is -2.15. The first-order valence-electron chi connectivity index (χ1n) is 5.26. The molecule has 1 heterocycles. The van der Waals surface area contributed by atoms with Crippen LogP contribution in [0.3, 0.4) is 0 Å². The van der Waals surface area contributed by atoms with Crippen LogP contribution >= 0.6 is 0 Å². The van der Waals surface area contributed by atoms with Crippen molar-refractivity contribution in [2.24, 2.45) is 5.73 Å². The molecule has 3 nitrogen and oxygen atoms in total. The molecule has 13 heavy (non-hydrogen) atoms. The summed E-state index contributed by atoms with van der Waals surface area (Å²) >= 11 is 0. The van der Waals surface area contributed by atoms with Gasteiger partial charge in [-0.15, -0.1) is 0 Å². The topological polar surface area (TPSA) is 44.5 Å². The maximum Gasteiger partial charge on any atom is 0.0809 e. The normalized spacial score (nSPS) is 24.9. The van der Waals surface area contributed by atoms with E-state index >= 15 is 0 Å². The van der Waals surface area contributed by atoms with Crippen LogP contribution < -0.4 is 5.73 Å². The molecule has 2 atom stereocenters. The molecule has 0 bridgehead atoms. The predicted molar refractivity (Wildman–Crippen MR) is 52.7 cm³/mol. The highest BCUT2D eigenvalue weighted by molar-refractivity contribution is 4.64. The first kappa shape index (κ1) is 11.0. The van der Waals surface area contributed by atoms with Gasteiger partial charge in [-0.2, -0.15) is 0 Å². The first-order valence-corrected chi connectivity index (χ1v) is 5.26. The van der Waals surface area contributed by atoms with E-state index in [-0.39, 0.29) is 0 Å². The Morgan fingerprint density at radius 3 is 3.08 bits per heavy atom. The SMILES string of the molecule is CC(CCCN)OCC1CCCO1. The van der Waals surface area contributed by atoms with Crippen molar-refractivity contribution in [3.05, 3.63) is 0 Å². The fourth-order valence-corrected chi connectivity index (χ4v) is 1.54. The van der Waals surface area contributed by atoms with Crippen LogP contribution in [0.25, 0.3) is 0 Å². The summed E-state index contributed by atoms with van der Waals surface area (Å²) in [5.74, 6) is 0. The van der Waals surface area contributed by atoms with Crippen molar-refractivity contribution < 1.29 is 9.47 Å². The highest BCUT2D eigenvalue weighted by Gasteiger charge is 2.16. The molecule has 1 fully saturated rings. The van der Waals surface area contributed by atoms with E-state index in [0.29, 0.717) is 12.2 Å². The molecule has 0 aromatic rings. The molecule has 3 heteroatoms. The summed E-state index contributed by atoms with van der Waals surface area (Å²) in [5.41, 5.74) is 5.41. The molecule has 1 aliphatic heterocycles. The van der Waals surface area contributed by atoms with Crippen molar-refractivity contribution in [1.29, 1.82) is 0 Å². The summed E-state index contributed by atoms with van der Waals surface area (Å²) in [4.78, 5) is 0. The molecule has 1 rings (SSSR count). The number of hydrogen-bond donors (Lipinski definition) is 1. The third kappa shape index (κ3) is 4.60. The average molecular weight is 187 g/mol. The highest BCUT2D eigenvalue weighted by atomic mass is 16.5. The maximum absolute atomic E-state index is 5.65. The lowest BCUT2D eigenvalue weighted by atomic mass is 10.2. The fraction of sp³-hybridized carbons (Fsp3) is 1.00. The molecule has 0 aliphatic carbocycles. The largest absolute Gasteiger partial charge is 0.376 e. The molecule has 2 N–H and O–H groups in total. The zero-order valence-electron chi connectivity index (χ0n) is 8.50. The van der Waals surface area contributed by atoms with Crippen LogP contribution in [0.15, 0.2) is 0 Å². The zero-order chi connectivity index (χ0) is 9.52. The van der Waals surface area contributed by atoms with Crippen LogP contribution in [-0.2, 0) is 9.47 Å². The van der Waals surface area contributed by atoms with E-state index in [0.717, 1.165) is 39.0 Å². The monoisotopic (exact) mass is 187 g/mol. The molecule has 1 saturated heterocycles. The average Bonchev–Trinajstić information content (AvgIpc) is 2.64. The minimum absolute atomic E-state index is 0.327. The van der Waals surface area contributed by atoms with Gasteiger partial charge in [0.25, 0.3) is 0 Å². The quantitative estimate of drug-likeness (QED) is 0.682. The van der Waals surface area contributed by atoms with Crippen LogP contribution in [0.1, 0.15) is 32.6 Å². The molecule has 78 valence electrons. The fourth-order valence-electron chi connectivity index (χ4n) is 1.54. The van der Waals surface area contributed by atoms with E-state index < -0.39 is 0 Å². The predicted octanol–water partition coefficient (Wildman–Crippen LogP) is 1.31. The van der Waals surface area contributed by atoms with Gasteiger partial charge in [-0.05, 0) is 39.2 Å². The first-order chi connectivity index (χ1) is 6.33. The van der Waals surface area contributed by atoms with Gasteiger partial charge in [0.2, 0.25) is 0 Å². The Morgan fingerprint density at radius 1 is 1.62 bits per heavy atom. The van der Waals surface area contributed by atoms with Crippen LogP contribution in [0.5, 0.6) is 0 Å². The molecule has 0 radical (unpaired) electrons. The standard InChI is InChI=1S/C10H21NO2/c1-9(4-2-6-11)13-8-10-5-3-7-12-10/h9-10H,2-8,11H2,1H3. The second kappa shape index (κ2) is 6.35. The lowest BCUT2D eigenvalue weighted by Crippen LogP contribution is -2.19. The van der Waals surface area contributed by atoms with Gasteiger partial charge in [0.05, 0.1) is 18.8 Å². The van der Waals surface area contributed by atoms with Crippen molar-refractivity contribution in [2.45, 2.75) is 44.8 Å². The molecule has 0 amide bonds. The number of nitrogens with two attached hydrogens (primary N) is 1. The molecular weight excluding hydrogens is 166 g/mol. The summed E-state index contributed by atoms with van der Waals surface area (Å²) in [5, 5.41) is 0. The summed E-state index contributed by atoms with van der Waals surface area (Å²) < 4.78 is 11.1. The van der Waals surface area contributed by atoms with Gasteiger partial charge >= 0.3 is 0 Å². The van der Waals surface area contributed by atoms with Gasteiger partial charge in [-0.25, -0.2) is 0 Å². The molecule has 0 aromatic heterocycles. The molecular formula is C10H21NO2. The number of hydrogen-bond acceptors (Lipinski definition) is 3. The second-order valence-electron chi connectivity index (χ2n) is 3.71. The summed E-state index contributed by atoms with van der Waals surface area (Å²) in [6, 6.07) is 0. The van der Waals surface area contributed by atoms with Crippen molar-refractivity contribution in [2.75, 3.05) is 19.8 Å². The number of ether oxygens (including phenoxy) is 2. The van der Waals surface area contributed by atoms with Gasteiger partial charge in [-0.1, -0.05) is 0 Å². The zero-order valence-corrected chi connectivity index (χ0v) is 8.50. The molecule has 0 spiro atoms. The molecule has 0 aromatic carbocycles. The van der Waals surface area contributed by atoms with E-state index in [4.69, 9.17) is 15.2 Å².